The Morgan fingerprint density at radius 3 is 2.30 bits per heavy atom. The van der Waals surface area contributed by atoms with E-state index in [1.54, 1.807) is 0 Å². The van der Waals surface area contributed by atoms with Crippen LogP contribution < -0.4 is 0 Å². The van der Waals surface area contributed by atoms with Gasteiger partial charge in [0.1, 0.15) is 17.4 Å². The second-order valence-corrected chi connectivity index (χ2v) is 5.39. The summed E-state index contributed by atoms with van der Waals surface area (Å²) in [5.74, 6) is 0.776. The van der Waals surface area contributed by atoms with Crippen molar-refractivity contribution < 1.29 is 9.52 Å². The van der Waals surface area contributed by atoms with E-state index in [-0.39, 0.29) is 0 Å². The van der Waals surface area contributed by atoms with Crippen LogP contribution in [0.2, 0.25) is 0 Å². The third-order valence-corrected chi connectivity index (χ3v) is 3.65. The summed E-state index contributed by atoms with van der Waals surface area (Å²) >= 11 is 0. The van der Waals surface area contributed by atoms with Crippen molar-refractivity contribution >= 4 is 11.0 Å². The van der Waals surface area contributed by atoms with Crippen LogP contribution in [0.3, 0.4) is 0 Å². The van der Waals surface area contributed by atoms with Crippen LogP contribution in [0, 0.1) is 20.8 Å². The van der Waals surface area contributed by atoms with Gasteiger partial charge in [0, 0.05) is 10.9 Å². The van der Waals surface area contributed by atoms with Crippen molar-refractivity contribution in [1.82, 2.24) is 0 Å². The molecule has 0 saturated carbocycles. The van der Waals surface area contributed by atoms with E-state index in [1.807, 2.05) is 57.2 Å². The molecule has 0 aliphatic carbocycles. The summed E-state index contributed by atoms with van der Waals surface area (Å²) in [7, 11) is 0. The van der Waals surface area contributed by atoms with Gasteiger partial charge in [-0.25, -0.2) is 0 Å². The summed E-state index contributed by atoms with van der Waals surface area (Å²) in [6.45, 7) is 5.99. The van der Waals surface area contributed by atoms with Crippen molar-refractivity contribution in [3.05, 3.63) is 70.5 Å². The Morgan fingerprint density at radius 1 is 0.950 bits per heavy atom. The molecule has 0 amide bonds. The van der Waals surface area contributed by atoms with E-state index in [4.69, 9.17) is 4.42 Å². The number of rotatable bonds is 2. The molecule has 2 heteroatoms. The molecule has 1 N–H and O–H groups in total. The van der Waals surface area contributed by atoms with Gasteiger partial charge in [-0.15, -0.1) is 0 Å². The fourth-order valence-electron chi connectivity index (χ4n) is 2.86. The summed E-state index contributed by atoms with van der Waals surface area (Å²) in [4.78, 5) is 0. The van der Waals surface area contributed by atoms with Gasteiger partial charge in [-0.05, 0) is 32.4 Å². The van der Waals surface area contributed by atoms with Crippen LogP contribution in [0.5, 0.6) is 0 Å². The first-order valence-corrected chi connectivity index (χ1v) is 6.80. The summed E-state index contributed by atoms with van der Waals surface area (Å²) in [5.41, 5.74) is 4.92. The van der Waals surface area contributed by atoms with Gasteiger partial charge in [-0.1, -0.05) is 47.5 Å². The normalized spacial score (nSPS) is 12.8. The Bertz CT molecular complexity index is 748. The molecular weight excluding hydrogens is 248 g/mol. The maximum atomic E-state index is 10.7. The maximum absolute atomic E-state index is 10.7. The van der Waals surface area contributed by atoms with E-state index in [0.29, 0.717) is 0 Å². The van der Waals surface area contributed by atoms with Gasteiger partial charge in [-0.2, -0.15) is 0 Å². The van der Waals surface area contributed by atoms with Gasteiger partial charge >= 0.3 is 0 Å². The highest BCUT2D eigenvalue weighted by Gasteiger charge is 2.20. The largest absolute Gasteiger partial charge is 0.461 e. The number of furan rings is 1. The monoisotopic (exact) mass is 266 g/mol. The summed E-state index contributed by atoms with van der Waals surface area (Å²) < 4.78 is 5.74. The minimum absolute atomic E-state index is 0.655. The van der Waals surface area contributed by atoms with Gasteiger partial charge in [-0.3, -0.25) is 0 Å². The molecule has 0 saturated heterocycles. The molecule has 0 radical (unpaired) electrons. The molecule has 2 nitrogen and oxygen atoms in total. The topological polar surface area (TPSA) is 33.4 Å². The lowest BCUT2D eigenvalue weighted by molar-refractivity contribution is 0.219. The van der Waals surface area contributed by atoms with E-state index >= 15 is 0 Å². The third-order valence-electron chi connectivity index (χ3n) is 3.65. The van der Waals surface area contributed by atoms with Crippen LogP contribution >= 0.6 is 0 Å². The van der Waals surface area contributed by atoms with E-state index < -0.39 is 6.10 Å². The molecule has 1 atom stereocenters. The Labute approximate surface area is 118 Å². The van der Waals surface area contributed by atoms with Crippen LogP contribution in [0.25, 0.3) is 11.0 Å². The number of hydrogen-bond donors (Lipinski definition) is 1. The number of aryl methyl sites for hydroxylation is 3. The van der Waals surface area contributed by atoms with Gasteiger partial charge < -0.3 is 9.52 Å². The van der Waals surface area contributed by atoms with Crippen molar-refractivity contribution in [3.63, 3.8) is 0 Å². The molecule has 1 heterocycles. The smallest absolute Gasteiger partial charge is 0.134 e. The molecule has 3 rings (SSSR count). The summed E-state index contributed by atoms with van der Waals surface area (Å²) in [6, 6.07) is 14.0. The van der Waals surface area contributed by atoms with E-state index in [9.17, 15) is 5.11 Å². The molecule has 2 aromatic carbocycles. The SMILES string of the molecule is Cc1cc(C)cc(C(O)c2c(C)oc3ccccc23)c1. The number of fused-ring (bicyclic) bond motifs is 1. The Hall–Kier alpha value is -2.06. The first-order valence-electron chi connectivity index (χ1n) is 6.80. The minimum atomic E-state index is -0.655. The quantitative estimate of drug-likeness (QED) is 0.744. The van der Waals surface area contributed by atoms with Crippen molar-refractivity contribution in [2.75, 3.05) is 0 Å². The molecule has 0 spiro atoms. The fraction of sp³-hybridized carbons (Fsp3) is 0.222. The Kier molecular flexibility index (Phi) is 3.11. The van der Waals surface area contributed by atoms with Gasteiger partial charge in [0.15, 0.2) is 0 Å². The number of benzene rings is 2. The number of aliphatic hydroxyl groups is 1. The van der Waals surface area contributed by atoms with Crippen molar-refractivity contribution in [2.45, 2.75) is 26.9 Å². The van der Waals surface area contributed by atoms with Gasteiger partial charge in [0.2, 0.25) is 0 Å². The number of aliphatic hydroxyl groups excluding tert-OH is 1. The molecule has 1 unspecified atom stereocenters. The molecular formula is C18H18O2. The first kappa shape index (κ1) is 12.9. The maximum Gasteiger partial charge on any atom is 0.134 e. The molecule has 0 bridgehead atoms. The zero-order valence-electron chi connectivity index (χ0n) is 12.0. The van der Waals surface area contributed by atoms with Crippen LogP contribution in [0.4, 0.5) is 0 Å². The van der Waals surface area contributed by atoms with E-state index in [2.05, 4.69) is 6.07 Å². The molecule has 0 fully saturated rings. The second-order valence-electron chi connectivity index (χ2n) is 5.39. The predicted octanol–water partition coefficient (Wildman–Crippen LogP) is 4.44. The first-order chi connectivity index (χ1) is 9.56. The minimum Gasteiger partial charge on any atom is -0.461 e. The van der Waals surface area contributed by atoms with Crippen LogP contribution in [0.1, 0.15) is 34.1 Å². The number of hydrogen-bond acceptors (Lipinski definition) is 2. The van der Waals surface area contributed by atoms with Crippen LogP contribution in [-0.4, -0.2) is 5.11 Å². The average molecular weight is 266 g/mol. The fourth-order valence-corrected chi connectivity index (χ4v) is 2.86. The van der Waals surface area contributed by atoms with E-state index in [1.165, 1.54) is 0 Å². The lowest BCUT2D eigenvalue weighted by atomic mass is 9.96. The second kappa shape index (κ2) is 4.80. The summed E-state index contributed by atoms with van der Waals surface area (Å²) in [6.07, 6.45) is -0.655. The van der Waals surface area contributed by atoms with Gasteiger partial charge in [0.05, 0.1) is 0 Å². The molecule has 20 heavy (non-hydrogen) atoms. The Morgan fingerprint density at radius 2 is 1.60 bits per heavy atom. The van der Waals surface area contributed by atoms with Crippen molar-refractivity contribution in [3.8, 4) is 0 Å². The van der Waals surface area contributed by atoms with E-state index in [0.717, 1.165) is 39.0 Å². The average Bonchev–Trinajstić information content (AvgIpc) is 2.72. The van der Waals surface area contributed by atoms with Crippen LogP contribution in [-0.2, 0) is 0 Å². The third kappa shape index (κ3) is 2.12. The zero-order valence-corrected chi connectivity index (χ0v) is 12.0. The highest BCUT2D eigenvalue weighted by atomic mass is 16.3. The summed E-state index contributed by atoms with van der Waals surface area (Å²) in [5, 5.41) is 11.7. The highest BCUT2D eigenvalue weighted by Crippen LogP contribution is 2.34. The van der Waals surface area contributed by atoms with Gasteiger partial charge in [0.25, 0.3) is 0 Å². The molecule has 1 aromatic heterocycles. The van der Waals surface area contributed by atoms with Crippen molar-refractivity contribution in [2.24, 2.45) is 0 Å². The standard InChI is InChI=1S/C18H18O2/c1-11-8-12(2)10-14(9-11)18(19)17-13(3)20-16-7-5-4-6-15(16)17/h4-10,18-19H,1-3H3. The molecule has 0 aliphatic heterocycles. The predicted molar refractivity (Wildman–Crippen MR) is 80.9 cm³/mol. The highest BCUT2D eigenvalue weighted by molar-refractivity contribution is 5.83. The molecule has 102 valence electrons. The Balaban J connectivity index is 2.17. The lowest BCUT2D eigenvalue weighted by Crippen LogP contribution is -2.01. The molecule has 3 aromatic rings. The zero-order chi connectivity index (χ0) is 14.3. The van der Waals surface area contributed by atoms with Crippen molar-refractivity contribution in [1.29, 1.82) is 0 Å². The molecule has 0 aliphatic rings. The number of para-hydroxylation sites is 1. The van der Waals surface area contributed by atoms with Crippen LogP contribution in [0.15, 0.2) is 46.9 Å². The lowest BCUT2D eigenvalue weighted by Gasteiger charge is -2.13.